The van der Waals surface area contributed by atoms with Crippen molar-refractivity contribution in [2.45, 2.75) is 31.2 Å². The first-order valence-corrected chi connectivity index (χ1v) is 7.40. The first-order valence-electron chi connectivity index (χ1n) is 7.40. The van der Waals surface area contributed by atoms with E-state index in [1.165, 1.54) is 10.6 Å². The predicted molar refractivity (Wildman–Crippen MR) is 77.8 cm³/mol. The Labute approximate surface area is 145 Å². The van der Waals surface area contributed by atoms with E-state index >= 15 is 0 Å². The lowest BCUT2D eigenvalue weighted by atomic mass is 10.1. The van der Waals surface area contributed by atoms with Crippen LogP contribution in [0.15, 0.2) is 0 Å². The Kier molecular flexibility index (Phi) is 9.38. The zero-order valence-electron chi connectivity index (χ0n) is 14.1. The summed E-state index contributed by atoms with van der Waals surface area (Å²) in [5, 5.41) is 5.32. The van der Waals surface area contributed by atoms with Crippen LogP contribution in [-0.2, 0) is 14.4 Å². The normalized spacial score (nSPS) is 13.3. The first-order chi connectivity index (χ1) is 11.7. The number of hydrogen-bond donors (Lipinski definition) is 3. The smallest absolute Gasteiger partial charge is 0.353 e. The summed E-state index contributed by atoms with van der Waals surface area (Å²) in [6.45, 7) is -0.0515. The molecule has 0 aromatic rings. The fourth-order valence-electron chi connectivity index (χ4n) is 1.64. The van der Waals surface area contributed by atoms with Gasteiger partial charge in [-0.2, -0.15) is 26.3 Å². The average Bonchev–Trinajstić information content (AvgIpc) is 2.47. The summed E-state index contributed by atoms with van der Waals surface area (Å²) in [5.74, 6) is -5.46. The van der Waals surface area contributed by atoms with Crippen LogP contribution in [-0.4, -0.2) is 74.7 Å². The second-order valence-electron chi connectivity index (χ2n) is 5.51. The average molecular weight is 394 g/mol. The number of rotatable bonds is 9. The van der Waals surface area contributed by atoms with E-state index in [0.29, 0.717) is 6.54 Å². The molecule has 0 aromatic carbocycles. The van der Waals surface area contributed by atoms with Crippen molar-refractivity contribution in [3.05, 3.63) is 0 Å². The fraction of sp³-hybridized carbons (Fsp3) is 0.769. The van der Waals surface area contributed by atoms with E-state index in [-0.39, 0.29) is 13.0 Å². The molecule has 7 nitrogen and oxygen atoms in total. The molecule has 152 valence electrons. The first kappa shape index (κ1) is 23.9. The molecule has 0 saturated carbocycles. The Morgan fingerprint density at radius 3 is 1.88 bits per heavy atom. The molecule has 3 amide bonds. The van der Waals surface area contributed by atoms with E-state index in [0.717, 1.165) is 0 Å². The maximum Gasteiger partial charge on any atom is 0.471 e. The van der Waals surface area contributed by atoms with E-state index < -0.39 is 49.1 Å². The van der Waals surface area contributed by atoms with Crippen molar-refractivity contribution in [2.24, 2.45) is 0 Å². The van der Waals surface area contributed by atoms with Crippen LogP contribution in [0, 0.1) is 0 Å². The van der Waals surface area contributed by atoms with Gasteiger partial charge in [-0.05, 0) is 26.9 Å². The summed E-state index contributed by atoms with van der Waals surface area (Å²) >= 11 is 0. The molecule has 1 unspecified atom stereocenters. The standard InChI is InChI=1S/C13H20F6N4O3/c1-23(2)7-6-20-9(24)8(22-11(26)13(17,18)19)4-3-5-21-10(25)12(14,15)16/h8H,3-7H2,1-2H3,(H,20,24)(H,21,25)(H,22,26). The number of halogens is 6. The van der Waals surface area contributed by atoms with Gasteiger partial charge in [-0.15, -0.1) is 0 Å². The minimum Gasteiger partial charge on any atom is -0.353 e. The molecular weight excluding hydrogens is 374 g/mol. The highest BCUT2D eigenvalue weighted by Crippen LogP contribution is 2.16. The van der Waals surface area contributed by atoms with Crippen LogP contribution >= 0.6 is 0 Å². The van der Waals surface area contributed by atoms with Crippen molar-refractivity contribution in [3.8, 4) is 0 Å². The van der Waals surface area contributed by atoms with Gasteiger partial charge in [0.15, 0.2) is 0 Å². The summed E-state index contributed by atoms with van der Waals surface area (Å²) in [6, 6.07) is -1.60. The largest absolute Gasteiger partial charge is 0.471 e. The van der Waals surface area contributed by atoms with Crippen LogP contribution in [0.25, 0.3) is 0 Å². The molecule has 0 aromatic heterocycles. The quantitative estimate of drug-likeness (QED) is 0.384. The summed E-state index contributed by atoms with van der Waals surface area (Å²) in [7, 11) is 3.39. The van der Waals surface area contributed by atoms with Crippen LogP contribution in [0.2, 0.25) is 0 Å². The van der Waals surface area contributed by atoms with E-state index in [9.17, 15) is 40.7 Å². The maximum absolute atomic E-state index is 12.3. The van der Waals surface area contributed by atoms with Gasteiger partial charge in [0.25, 0.3) is 0 Å². The third kappa shape index (κ3) is 10.1. The van der Waals surface area contributed by atoms with Crippen LogP contribution in [0.4, 0.5) is 26.3 Å². The highest BCUT2D eigenvalue weighted by atomic mass is 19.4. The van der Waals surface area contributed by atoms with Crippen molar-refractivity contribution in [2.75, 3.05) is 33.7 Å². The molecule has 0 rings (SSSR count). The second-order valence-corrected chi connectivity index (χ2v) is 5.51. The zero-order chi connectivity index (χ0) is 20.5. The summed E-state index contributed by atoms with van der Waals surface area (Å²) in [5.41, 5.74) is 0. The predicted octanol–water partition coefficient (Wildman–Crippen LogP) is 0.170. The molecule has 0 saturated heterocycles. The van der Waals surface area contributed by atoms with Gasteiger partial charge in [0, 0.05) is 19.6 Å². The SMILES string of the molecule is CN(C)CCNC(=O)C(CCCNC(=O)C(F)(F)F)NC(=O)C(F)(F)F. The lowest BCUT2D eigenvalue weighted by Crippen LogP contribution is -2.51. The van der Waals surface area contributed by atoms with Crippen LogP contribution in [0.1, 0.15) is 12.8 Å². The van der Waals surface area contributed by atoms with Crippen molar-refractivity contribution in [1.29, 1.82) is 0 Å². The molecule has 0 fully saturated rings. The molecule has 0 aliphatic heterocycles. The van der Waals surface area contributed by atoms with Gasteiger partial charge in [-0.3, -0.25) is 14.4 Å². The minimum absolute atomic E-state index is 0.0923. The number of amides is 3. The summed E-state index contributed by atoms with van der Waals surface area (Å²) in [4.78, 5) is 35.2. The topological polar surface area (TPSA) is 90.5 Å². The lowest BCUT2D eigenvalue weighted by molar-refractivity contribution is -0.174. The Bertz CT molecular complexity index is 493. The molecule has 0 heterocycles. The highest BCUT2D eigenvalue weighted by Gasteiger charge is 2.41. The second kappa shape index (κ2) is 10.2. The van der Waals surface area contributed by atoms with E-state index in [4.69, 9.17) is 0 Å². The number of hydrogen-bond acceptors (Lipinski definition) is 4. The molecule has 0 aliphatic carbocycles. The number of carbonyl (C=O) groups is 3. The van der Waals surface area contributed by atoms with Crippen molar-refractivity contribution < 1.29 is 40.7 Å². The van der Waals surface area contributed by atoms with Gasteiger partial charge in [-0.25, -0.2) is 0 Å². The third-order valence-corrected chi connectivity index (χ3v) is 2.95. The van der Waals surface area contributed by atoms with E-state index in [2.05, 4.69) is 5.32 Å². The number of likely N-dealkylation sites (N-methyl/N-ethyl adjacent to an activating group) is 1. The lowest BCUT2D eigenvalue weighted by Gasteiger charge is -2.20. The van der Waals surface area contributed by atoms with Crippen molar-refractivity contribution in [1.82, 2.24) is 20.9 Å². The van der Waals surface area contributed by atoms with Gasteiger partial charge < -0.3 is 20.9 Å². The molecule has 0 spiro atoms. The molecule has 13 heteroatoms. The Hall–Kier alpha value is -2.05. The number of carbonyl (C=O) groups excluding carboxylic acids is 3. The van der Waals surface area contributed by atoms with E-state index in [1.54, 1.807) is 19.0 Å². The van der Waals surface area contributed by atoms with Gasteiger partial charge in [-0.1, -0.05) is 0 Å². The Morgan fingerprint density at radius 1 is 0.885 bits per heavy atom. The monoisotopic (exact) mass is 394 g/mol. The van der Waals surface area contributed by atoms with Crippen molar-refractivity contribution >= 4 is 17.7 Å². The summed E-state index contributed by atoms with van der Waals surface area (Å²) in [6.07, 6.45) is -11.0. The number of nitrogens with one attached hydrogen (secondary N) is 3. The zero-order valence-corrected chi connectivity index (χ0v) is 14.1. The number of alkyl halides is 6. The fourth-order valence-corrected chi connectivity index (χ4v) is 1.64. The van der Waals surface area contributed by atoms with Crippen molar-refractivity contribution in [3.63, 3.8) is 0 Å². The van der Waals surface area contributed by atoms with Gasteiger partial charge in [0.1, 0.15) is 6.04 Å². The molecule has 0 bridgehead atoms. The minimum atomic E-state index is -5.22. The Balaban J connectivity index is 4.65. The van der Waals surface area contributed by atoms with Crippen LogP contribution in [0.5, 0.6) is 0 Å². The summed E-state index contributed by atoms with van der Waals surface area (Å²) < 4.78 is 73.0. The van der Waals surface area contributed by atoms with Gasteiger partial charge in [0.2, 0.25) is 5.91 Å². The molecule has 26 heavy (non-hydrogen) atoms. The maximum atomic E-state index is 12.3. The Morgan fingerprint density at radius 2 is 1.42 bits per heavy atom. The molecule has 3 N–H and O–H groups in total. The third-order valence-electron chi connectivity index (χ3n) is 2.95. The van der Waals surface area contributed by atoms with Crippen LogP contribution < -0.4 is 16.0 Å². The van der Waals surface area contributed by atoms with Gasteiger partial charge >= 0.3 is 24.2 Å². The number of nitrogens with zero attached hydrogens (tertiary/aromatic N) is 1. The molecule has 0 radical (unpaired) electrons. The molecule has 1 atom stereocenters. The molecule has 0 aliphatic rings. The van der Waals surface area contributed by atoms with Crippen LogP contribution in [0.3, 0.4) is 0 Å². The molecular formula is C13H20F6N4O3. The van der Waals surface area contributed by atoms with E-state index in [1.807, 2.05) is 0 Å². The highest BCUT2D eigenvalue weighted by molar-refractivity contribution is 5.89. The van der Waals surface area contributed by atoms with Gasteiger partial charge in [0.05, 0.1) is 0 Å².